The lowest BCUT2D eigenvalue weighted by Crippen LogP contribution is -2.43. The van der Waals surface area contributed by atoms with Crippen LogP contribution >= 0.6 is 0 Å². The summed E-state index contributed by atoms with van der Waals surface area (Å²) in [4.78, 5) is 38.9. The van der Waals surface area contributed by atoms with E-state index in [0.29, 0.717) is 22.3 Å². The molecule has 1 aromatic heterocycles. The minimum atomic E-state index is -1.01. The van der Waals surface area contributed by atoms with Gasteiger partial charge in [0, 0.05) is 12.2 Å². The molecule has 0 bridgehead atoms. The number of carbonyl (C=O) groups is 1. The minimum Gasteiger partial charge on any atom is -0.490 e. The largest absolute Gasteiger partial charge is 0.490 e. The van der Waals surface area contributed by atoms with E-state index in [4.69, 9.17) is 15.6 Å². The van der Waals surface area contributed by atoms with E-state index in [-0.39, 0.29) is 18.7 Å². The number of aromatic carboxylic acids is 1. The van der Waals surface area contributed by atoms with Gasteiger partial charge < -0.3 is 15.6 Å². The highest BCUT2D eigenvalue weighted by molar-refractivity contribution is 5.87. The van der Waals surface area contributed by atoms with Crippen molar-refractivity contribution in [3.8, 4) is 5.75 Å². The van der Waals surface area contributed by atoms with E-state index in [1.165, 1.54) is 21.3 Å². The Morgan fingerprint density at radius 2 is 1.48 bits per heavy atom. The van der Waals surface area contributed by atoms with Crippen molar-refractivity contribution in [3.63, 3.8) is 0 Å². The van der Waals surface area contributed by atoms with Crippen LogP contribution in [-0.2, 0) is 6.54 Å². The second-order valence-corrected chi connectivity index (χ2v) is 9.18. The molecule has 0 fully saturated rings. The zero-order valence-corrected chi connectivity index (χ0v) is 21.5. The number of aromatic nitrogens is 2. The summed E-state index contributed by atoms with van der Waals surface area (Å²) in [6.45, 7) is 0.383. The number of carboxylic acid groups (broad SMARTS) is 1. The van der Waals surface area contributed by atoms with Gasteiger partial charge in [-0.1, -0.05) is 66.7 Å². The van der Waals surface area contributed by atoms with Crippen molar-refractivity contribution in [2.24, 2.45) is 0 Å². The lowest BCUT2D eigenvalue weighted by molar-refractivity contribution is 0.0697. The average molecular weight is 534 g/mol. The predicted molar refractivity (Wildman–Crippen MR) is 155 cm³/mol. The summed E-state index contributed by atoms with van der Waals surface area (Å²) in [5.74, 6) is -0.486. The normalized spacial score (nSPS) is 11.3. The van der Waals surface area contributed by atoms with Crippen LogP contribution in [0.3, 0.4) is 0 Å². The first-order chi connectivity index (χ1) is 19.4. The first-order valence-electron chi connectivity index (χ1n) is 12.7. The van der Waals surface area contributed by atoms with Gasteiger partial charge in [-0.3, -0.25) is 9.36 Å². The number of allylic oxidation sites excluding steroid dienone is 1. The summed E-state index contributed by atoms with van der Waals surface area (Å²) in [6.07, 6.45) is 3.54. The quantitative estimate of drug-likeness (QED) is 0.209. The van der Waals surface area contributed by atoms with E-state index < -0.39 is 23.3 Å². The summed E-state index contributed by atoms with van der Waals surface area (Å²) < 4.78 is 8.50. The third-order valence-electron chi connectivity index (χ3n) is 6.59. The lowest BCUT2D eigenvalue weighted by atomic mass is 9.98. The molecule has 8 nitrogen and oxygen atoms in total. The summed E-state index contributed by atoms with van der Waals surface area (Å²) in [6, 6.07) is 29.4. The van der Waals surface area contributed by atoms with E-state index in [1.54, 1.807) is 42.5 Å². The van der Waals surface area contributed by atoms with E-state index in [0.717, 1.165) is 11.1 Å². The third-order valence-corrected chi connectivity index (χ3v) is 6.59. The third kappa shape index (κ3) is 5.42. The smallest absolute Gasteiger partial charge is 0.335 e. The maximum atomic E-state index is 14.0. The van der Waals surface area contributed by atoms with Crippen molar-refractivity contribution >= 4 is 22.6 Å². The molecule has 0 saturated carbocycles. The number of fused-ring (bicyclic) bond motifs is 1. The lowest BCUT2D eigenvalue weighted by Gasteiger charge is -2.22. The summed E-state index contributed by atoms with van der Waals surface area (Å²) in [7, 11) is 0. The van der Waals surface area contributed by atoms with Crippen molar-refractivity contribution in [3.05, 3.63) is 153 Å². The molecule has 0 atom stereocenters. The Labute approximate surface area is 229 Å². The van der Waals surface area contributed by atoms with Crippen LogP contribution in [0.25, 0.3) is 10.9 Å². The molecule has 0 saturated heterocycles. The zero-order chi connectivity index (χ0) is 28.1. The number of rotatable bonds is 9. The van der Waals surface area contributed by atoms with E-state index in [2.05, 4.69) is 0 Å². The van der Waals surface area contributed by atoms with Gasteiger partial charge >= 0.3 is 11.7 Å². The Bertz CT molecular complexity index is 1750. The second kappa shape index (κ2) is 11.6. The topological polar surface area (TPSA) is 117 Å². The predicted octanol–water partition coefficient (Wildman–Crippen LogP) is 4.72. The molecule has 0 aliphatic carbocycles. The number of hydrogen-bond donors (Lipinski definition) is 2. The van der Waals surface area contributed by atoms with Crippen LogP contribution in [-0.4, -0.2) is 26.8 Å². The molecule has 200 valence electrons. The average Bonchev–Trinajstić information content (AvgIpc) is 2.97. The van der Waals surface area contributed by atoms with Crippen LogP contribution in [0.1, 0.15) is 27.5 Å². The van der Waals surface area contributed by atoms with Gasteiger partial charge in [0.1, 0.15) is 12.4 Å². The van der Waals surface area contributed by atoms with Crippen molar-refractivity contribution in [2.45, 2.75) is 12.6 Å². The van der Waals surface area contributed by atoms with Crippen LogP contribution < -0.4 is 21.7 Å². The fraction of sp³-hybridized carbons (Fsp3) is 0.0938. The number of carboxylic acids is 1. The highest BCUT2D eigenvalue weighted by atomic mass is 16.5. The maximum Gasteiger partial charge on any atom is 0.335 e. The molecule has 0 amide bonds. The fourth-order valence-electron chi connectivity index (χ4n) is 4.65. The van der Waals surface area contributed by atoms with E-state index in [1.807, 2.05) is 60.7 Å². The van der Waals surface area contributed by atoms with Crippen LogP contribution in [0, 0.1) is 0 Å². The van der Waals surface area contributed by atoms with Crippen LogP contribution in [0.4, 0.5) is 5.69 Å². The first kappa shape index (κ1) is 26.2. The monoisotopic (exact) mass is 533 g/mol. The zero-order valence-electron chi connectivity index (χ0n) is 21.5. The molecule has 0 spiro atoms. The Hall–Kier alpha value is -5.37. The molecule has 3 N–H and O–H groups in total. The molecule has 0 aliphatic heterocycles. The highest BCUT2D eigenvalue weighted by Crippen LogP contribution is 2.25. The van der Waals surface area contributed by atoms with Crippen LogP contribution in [0.15, 0.2) is 125 Å². The SMILES string of the molecule is Nc1ccc2c(=O)n(C(c3ccccc3)c3ccccc3)c(=O)n(C/C=C/COc3ccc(C(=O)O)cc3)c2c1. The molecule has 40 heavy (non-hydrogen) atoms. The molecule has 8 heteroatoms. The van der Waals surface area contributed by atoms with Gasteiger partial charge in [0.05, 0.1) is 22.5 Å². The second-order valence-electron chi connectivity index (χ2n) is 9.18. The number of nitrogen functional groups attached to an aromatic ring is 1. The van der Waals surface area contributed by atoms with Crippen molar-refractivity contribution in [1.29, 1.82) is 0 Å². The number of benzene rings is 4. The van der Waals surface area contributed by atoms with E-state index >= 15 is 0 Å². The molecule has 5 rings (SSSR count). The molecule has 5 aromatic rings. The Morgan fingerprint density at radius 1 is 0.850 bits per heavy atom. The maximum absolute atomic E-state index is 14.0. The van der Waals surface area contributed by atoms with Crippen LogP contribution in [0.2, 0.25) is 0 Å². The first-order valence-corrected chi connectivity index (χ1v) is 12.7. The number of ether oxygens (including phenoxy) is 1. The van der Waals surface area contributed by atoms with Gasteiger partial charge in [-0.2, -0.15) is 0 Å². The molecule has 0 radical (unpaired) electrons. The minimum absolute atomic E-state index is 0.174. The number of nitrogens with zero attached hydrogens (tertiary/aromatic N) is 2. The van der Waals surface area contributed by atoms with Gasteiger partial charge in [-0.25, -0.2) is 14.2 Å². The Kier molecular flexibility index (Phi) is 7.59. The Morgan fingerprint density at radius 3 is 2.08 bits per heavy atom. The van der Waals surface area contributed by atoms with Crippen molar-refractivity contribution < 1.29 is 14.6 Å². The molecular formula is C32H27N3O5. The summed E-state index contributed by atoms with van der Waals surface area (Å²) in [5.41, 5.74) is 7.87. The number of anilines is 1. The molecule has 1 heterocycles. The fourth-order valence-corrected chi connectivity index (χ4v) is 4.65. The molecule has 0 aliphatic rings. The standard InChI is InChI=1S/C32H27N3O5/c33-25-15-18-27-28(21-25)34(19-7-8-20-40-26-16-13-24(14-17-26)31(37)38)32(39)35(30(27)36)29(22-9-3-1-4-10-22)23-11-5-2-6-12-23/h1-18,21,29H,19-20,33H2,(H,37,38)/b8-7+. The van der Waals surface area contributed by atoms with Gasteiger partial charge in [0.2, 0.25) is 0 Å². The van der Waals surface area contributed by atoms with Crippen molar-refractivity contribution in [2.75, 3.05) is 12.3 Å². The molecule has 0 unspecified atom stereocenters. The summed E-state index contributed by atoms with van der Waals surface area (Å²) >= 11 is 0. The number of hydrogen-bond acceptors (Lipinski definition) is 5. The van der Waals surface area contributed by atoms with Gasteiger partial charge in [-0.05, 0) is 59.7 Å². The number of nitrogens with two attached hydrogens (primary N) is 1. The Balaban J connectivity index is 1.53. The van der Waals surface area contributed by atoms with Gasteiger partial charge in [-0.15, -0.1) is 0 Å². The van der Waals surface area contributed by atoms with E-state index in [9.17, 15) is 14.4 Å². The molecule has 4 aromatic carbocycles. The van der Waals surface area contributed by atoms with Gasteiger partial charge in [0.15, 0.2) is 0 Å². The molecular weight excluding hydrogens is 506 g/mol. The van der Waals surface area contributed by atoms with Gasteiger partial charge in [0.25, 0.3) is 5.56 Å². The highest BCUT2D eigenvalue weighted by Gasteiger charge is 2.23. The van der Waals surface area contributed by atoms with Crippen molar-refractivity contribution in [1.82, 2.24) is 9.13 Å². The summed E-state index contributed by atoms with van der Waals surface area (Å²) in [5, 5.41) is 9.42. The van der Waals surface area contributed by atoms with Crippen LogP contribution in [0.5, 0.6) is 5.75 Å².